The number of nitrogens with zero attached hydrogens (tertiary/aromatic N) is 3. The summed E-state index contributed by atoms with van der Waals surface area (Å²) in [7, 11) is 2.06. The molecule has 0 aromatic carbocycles. The Kier molecular flexibility index (Phi) is 7.07. The van der Waals surface area contributed by atoms with E-state index in [0.717, 1.165) is 29.9 Å². The van der Waals surface area contributed by atoms with Crippen molar-refractivity contribution >= 4 is 11.8 Å². The van der Waals surface area contributed by atoms with Gasteiger partial charge in [0.15, 0.2) is 0 Å². The molecule has 28 heavy (non-hydrogen) atoms. The number of nitrogens with one attached hydrogen (secondary N) is 1. The Morgan fingerprint density at radius 1 is 1.18 bits per heavy atom. The summed E-state index contributed by atoms with van der Waals surface area (Å²) >= 11 is 0. The molecule has 0 aliphatic carbocycles. The Morgan fingerprint density at radius 2 is 1.89 bits per heavy atom. The quantitative estimate of drug-likeness (QED) is 0.746. The molecule has 2 aliphatic heterocycles. The second-order valence-corrected chi connectivity index (χ2v) is 7.85. The third-order valence-electron chi connectivity index (χ3n) is 6.08. The third kappa shape index (κ3) is 5.11. The van der Waals surface area contributed by atoms with Gasteiger partial charge in [0, 0.05) is 50.1 Å². The number of rotatable bonds is 7. The second kappa shape index (κ2) is 9.52. The summed E-state index contributed by atoms with van der Waals surface area (Å²) in [4.78, 5) is 28.9. The van der Waals surface area contributed by atoms with E-state index < -0.39 is 0 Å². The summed E-state index contributed by atoms with van der Waals surface area (Å²) in [6.45, 7) is 7.05. The van der Waals surface area contributed by atoms with Gasteiger partial charge in [-0.1, -0.05) is 5.16 Å². The van der Waals surface area contributed by atoms with Gasteiger partial charge in [0.2, 0.25) is 11.8 Å². The molecule has 8 nitrogen and oxygen atoms in total. The minimum atomic E-state index is 0.0428. The number of amides is 2. The largest absolute Gasteiger partial charge is 0.378 e. The molecule has 0 spiro atoms. The number of hydrogen-bond donors (Lipinski definition) is 1. The lowest BCUT2D eigenvalue weighted by atomic mass is 10.1. The Hall–Kier alpha value is -1.93. The van der Waals surface area contributed by atoms with Gasteiger partial charge in [0.1, 0.15) is 5.76 Å². The van der Waals surface area contributed by atoms with Crippen LogP contribution in [0.3, 0.4) is 0 Å². The van der Waals surface area contributed by atoms with E-state index in [1.54, 1.807) is 0 Å². The first-order chi connectivity index (χ1) is 13.5. The molecule has 1 aromatic rings. The monoisotopic (exact) mass is 392 g/mol. The second-order valence-electron chi connectivity index (χ2n) is 7.85. The number of morpholine rings is 1. The first-order valence-electron chi connectivity index (χ1n) is 10.2. The molecule has 0 saturated carbocycles. The van der Waals surface area contributed by atoms with Crippen molar-refractivity contribution in [3.8, 4) is 0 Å². The molecular formula is C20H32N4O4. The SMILES string of the molecule is Cc1noc(C)c1CCC(=O)NC[C@@H]1CC[C@H](CC(=O)N2CCOCC2)N1C. The Labute approximate surface area is 166 Å². The average Bonchev–Trinajstić information content (AvgIpc) is 3.21. The van der Waals surface area contributed by atoms with Crippen LogP contribution < -0.4 is 5.32 Å². The maximum Gasteiger partial charge on any atom is 0.224 e. The van der Waals surface area contributed by atoms with Crippen LogP contribution in [-0.2, 0) is 20.7 Å². The minimum absolute atomic E-state index is 0.0428. The lowest BCUT2D eigenvalue weighted by molar-refractivity contribution is -0.136. The number of carbonyl (C=O) groups excluding carboxylic acids is 2. The third-order valence-corrected chi connectivity index (χ3v) is 6.08. The van der Waals surface area contributed by atoms with Crippen LogP contribution in [0, 0.1) is 13.8 Å². The van der Waals surface area contributed by atoms with Crippen molar-refractivity contribution in [2.75, 3.05) is 39.9 Å². The molecule has 8 heteroatoms. The summed E-state index contributed by atoms with van der Waals surface area (Å²) in [5, 5.41) is 6.98. The van der Waals surface area contributed by atoms with E-state index in [0.29, 0.717) is 52.1 Å². The normalized spacial score (nSPS) is 23.2. The van der Waals surface area contributed by atoms with Gasteiger partial charge in [0.25, 0.3) is 0 Å². The molecule has 0 bridgehead atoms. The summed E-state index contributed by atoms with van der Waals surface area (Å²) in [5.74, 6) is 1.04. The average molecular weight is 393 g/mol. The summed E-state index contributed by atoms with van der Waals surface area (Å²) in [5.41, 5.74) is 1.88. The van der Waals surface area contributed by atoms with E-state index >= 15 is 0 Å². The van der Waals surface area contributed by atoms with Crippen molar-refractivity contribution in [3.05, 3.63) is 17.0 Å². The molecule has 2 atom stereocenters. The van der Waals surface area contributed by atoms with Crippen LogP contribution in [-0.4, -0.2) is 78.8 Å². The van der Waals surface area contributed by atoms with Crippen LogP contribution in [0.1, 0.15) is 42.7 Å². The van der Waals surface area contributed by atoms with E-state index in [1.165, 1.54) is 0 Å². The number of aryl methyl sites for hydroxylation is 2. The Balaban J connectivity index is 1.39. The highest BCUT2D eigenvalue weighted by atomic mass is 16.5. The summed E-state index contributed by atoms with van der Waals surface area (Å²) in [6, 6.07) is 0.532. The van der Waals surface area contributed by atoms with E-state index in [1.807, 2.05) is 18.7 Å². The summed E-state index contributed by atoms with van der Waals surface area (Å²) < 4.78 is 10.5. The number of ether oxygens (including phenoxy) is 1. The van der Waals surface area contributed by atoms with Gasteiger partial charge in [-0.2, -0.15) is 0 Å². The summed E-state index contributed by atoms with van der Waals surface area (Å²) in [6.07, 6.45) is 3.61. The Bertz CT molecular complexity index is 664. The number of hydrogen-bond acceptors (Lipinski definition) is 6. The van der Waals surface area contributed by atoms with Gasteiger partial charge in [-0.15, -0.1) is 0 Å². The molecule has 3 rings (SSSR count). The number of likely N-dealkylation sites (tertiary alicyclic amines) is 1. The highest BCUT2D eigenvalue weighted by Crippen LogP contribution is 2.25. The van der Waals surface area contributed by atoms with Gasteiger partial charge in [-0.3, -0.25) is 14.5 Å². The van der Waals surface area contributed by atoms with Gasteiger partial charge in [0.05, 0.1) is 18.9 Å². The first-order valence-corrected chi connectivity index (χ1v) is 10.2. The smallest absolute Gasteiger partial charge is 0.224 e. The maximum atomic E-state index is 12.5. The van der Waals surface area contributed by atoms with Crippen molar-refractivity contribution in [3.63, 3.8) is 0 Å². The van der Waals surface area contributed by atoms with Gasteiger partial charge in [-0.05, 0) is 40.2 Å². The topological polar surface area (TPSA) is 87.9 Å². The van der Waals surface area contributed by atoms with Crippen LogP contribution in [0.15, 0.2) is 4.52 Å². The standard InChI is InChI=1S/C20H32N4O4/c1-14-18(15(2)28-22-14)6-7-19(25)21-13-17-5-4-16(23(17)3)12-20(26)24-8-10-27-11-9-24/h16-17H,4-13H2,1-3H3,(H,21,25)/t16-,17+/m1/s1. The number of likely N-dealkylation sites (N-methyl/N-ethyl adjacent to an activating group) is 1. The van der Waals surface area contributed by atoms with Gasteiger partial charge in [-0.25, -0.2) is 0 Å². The van der Waals surface area contributed by atoms with E-state index in [-0.39, 0.29) is 23.9 Å². The molecular weight excluding hydrogens is 360 g/mol. The molecule has 3 heterocycles. The zero-order valence-electron chi connectivity index (χ0n) is 17.2. The predicted octanol–water partition coefficient (Wildman–Crippen LogP) is 1.05. The van der Waals surface area contributed by atoms with Crippen LogP contribution in [0.5, 0.6) is 0 Å². The fourth-order valence-electron chi connectivity index (χ4n) is 4.14. The zero-order valence-corrected chi connectivity index (χ0v) is 17.2. The molecule has 1 N–H and O–H groups in total. The van der Waals surface area contributed by atoms with Crippen molar-refractivity contribution in [1.29, 1.82) is 0 Å². The molecule has 0 radical (unpaired) electrons. The van der Waals surface area contributed by atoms with E-state index in [4.69, 9.17) is 9.26 Å². The highest BCUT2D eigenvalue weighted by Gasteiger charge is 2.33. The number of carbonyl (C=O) groups is 2. The van der Waals surface area contributed by atoms with Crippen LogP contribution in [0.4, 0.5) is 0 Å². The minimum Gasteiger partial charge on any atom is -0.378 e. The lowest BCUT2D eigenvalue weighted by Crippen LogP contribution is -2.45. The molecule has 2 fully saturated rings. The molecule has 0 unspecified atom stereocenters. The van der Waals surface area contributed by atoms with Gasteiger partial charge >= 0.3 is 0 Å². The van der Waals surface area contributed by atoms with E-state index in [9.17, 15) is 9.59 Å². The zero-order chi connectivity index (χ0) is 20.1. The lowest BCUT2D eigenvalue weighted by Gasteiger charge is -2.30. The predicted molar refractivity (Wildman–Crippen MR) is 104 cm³/mol. The van der Waals surface area contributed by atoms with Crippen molar-refractivity contribution < 1.29 is 18.8 Å². The number of aromatic nitrogens is 1. The van der Waals surface area contributed by atoms with Crippen molar-refractivity contribution in [1.82, 2.24) is 20.3 Å². The van der Waals surface area contributed by atoms with Crippen LogP contribution in [0.25, 0.3) is 0 Å². The fraction of sp³-hybridized carbons (Fsp3) is 0.750. The van der Waals surface area contributed by atoms with Crippen molar-refractivity contribution in [2.24, 2.45) is 0 Å². The highest BCUT2D eigenvalue weighted by molar-refractivity contribution is 5.77. The van der Waals surface area contributed by atoms with E-state index in [2.05, 4.69) is 22.4 Å². The molecule has 2 saturated heterocycles. The molecule has 1 aromatic heterocycles. The molecule has 2 aliphatic rings. The molecule has 156 valence electrons. The fourth-order valence-corrected chi connectivity index (χ4v) is 4.14. The van der Waals surface area contributed by atoms with Crippen molar-refractivity contribution in [2.45, 2.75) is 58.0 Å². The van der Waals surface area contributed by atoms with Crippen LogP contribution in [0.2, 0.25) is 0 Å². The van der Waals surface area contributed by atoms with Gasteiger partial charge < -0.3 is 19.5 Å². The first kappa shape index (κ1) is 20.8. The Morgan fingerprint density at radius 3 is 2.57 bits per heavy atom. The molecule has 2 amide bonds. The van der Waals surface area contributed by atoms with Crippen LogP contribution >= 0.6 is 0 Å². The maximum absolute atomic E-state index is 12.5.